The molecule has 0 bridgehead atoms. The number of hydrogen-bond donors (Lipinski definition) is 1. The second-order valence-electron chi connectivity index (χ2n) is 7.95. The second kappa shape index (κ2) is 7.87. The highest BCUT2D eigenvalue weighted by Gasteiger charge is 2.26. The SMILES string of the molecule is Cc1cc(-c2cc(C(=O)Nc3ccccc3N3CCCC3=O)c3c(C)noc3n2)c(C)s1. The molecule has 2 amide bonds. The van der Waals surface area contributed by atoms with Crippen LogP contribution in [-0.4, -0.2) is 28.5 Å². The van der Waals surface area contributed by atoms with Crippen LogP contribution < -0.4 is 10.2 Å². The van der Waals surface area contributed by atoms with Crippen LogP contribution >= 0.6 is 11.3 Å². The third-order valence-corrected chi connectivity index (χ3v) is 6.66. The Morgan fingerprint density at radius 2 is 2.00 bits per heavy atom. The lowest BCUT2D eigenvalue weighted by atomic mass is 10.1. The standard InChI is InChI=1S/C24H22N4O3S/c1-13-11-16(15(3)32-13)19-12-17(22-14(2)27-31-24(22)26-19)23(30)25-18-7-4-5-8-20(18)28-10-6-9-21(28)29/h4-5,7-8,11-12H,6,9-10H2,1-3H3,(H,25,30). The van der Waals surface area contributed by atoms with Gasteiger partial charge in [-0.1, -0.05) is 17.3 Å². The fourth-order valence-corrected chi connectivity index (χ4v) is 5.14. The molecule has 0 atom stereocenters. The molecule has 3 aromatic heterocycles. The Hall–Kier alpha value is -3.52. The topological polar surface area (TPSA) is 88.3 Å². The molecule has 7 nitrogen and oxygen atoms in total. The molecular weight excluding hydrogens is 424 g/mol. The summed E-state index contributed by atoms with van der Waals surface area (Å²) in [4.78, 5) is 34.4. The smallest absolute Gasteiger partial charge is 0.259 e. The van der Waals surface area contributed by atoms with Gasteiger partial charge in [-0.15, -0.1) is 11.3 Å². The van der Waals surface area contributed by atoms with E-state index < -0.39 is 0 Å². The highest BCUT2D eigenvalue weighted by Crippen LogP contribution is 2.34. The quantitative estimate of drug-likeness (QED) is 0.462. The largest absolute Gasteiger partial charge is 0.335 e. The van der Waals surface area contributed by atoms with Crippen LogP contribution in [-0.2, 0) is 4.79 Å². The van der Waals surface area contributed by atoms with E-state index in [0.29, 0.717) is 52.4 Å². The summed E-state index contributed by atoms with van der Waals surface area (Å²) in [6, 6.07) is 11.2. The molecule has 5 rings (SSSR count). The Labute approximate surface area is 189 Å². The number of aryl methyl sites for hydroxylation is 3. The van der Waals surface area contributed by atoms with Crippen LogP contribution in [0.15, 0.2) is 40.9 Å². The van der Waals surface area contributed by atoms with E-state index in [1.54, 1.807) is 29.2 Å². The molecule has 1 aliphatic rings. The Kier molecular flexibility index (Phi) is 5.01. The molecule has 32 heavy (non-hydrogen) atoms. The maximum absolute atomic E-state index is 13.5. The molecule has 4 aromatic rings. The van der Waals surface area contributed by atoms with Crippen molar-refractivity contribution in [3.8, 4) is 11.3 Å². The first-order valence-corrected chi connectivity index (χ1v) is 11.3. The van der Waals surface area contributed by atoms with Gasteiger partial charge in [0.25, 0.3) is 11.6 Å². The monoisotopic (exact) mass is 446 g/mol. The number of rotatable bonds is 4. The maximum atomic E-state index is 13.5. The minimum Gasteiger partial charge on any atom is -0.335 e. The minimum absolute atomic E-state index is 0.0680. The first kappa shape index (κ1) is 20.4. The molecule has 1 aromatic carbocycles. The molecule has 162 valence electrons. The van der Waals surface area contributed by atoms with Crippen molar-refractivity contribution in [3.63, 3.8) is 0 Å². The molecule has 1 aliphatic heterocycles. The van der Waals surface area contributed by atoms with E-state index >= 15 is 0 Å². The molecule has 8 heteroatoms. The van der Waals surface area contributed by atoms with Crippen molar-refractivity contribution in [2.75, 3.05) is 16.8 Å². The lowest BCUT2D eigenvalue weighted by Crippen LogP contribution is -2.25. The van der Waals surface area contributed by atoms with Crippen LogP contribution in [0.5, 0.6) is 0 Å². The van der Waals surface area contributed by atoms with Crippen molar-refractivity contribution in [2.45, 2.75) is 33.6 Å². The van der Waals surface area contributed by atoms with Gasteiger partial charge in [-0.3, -0.25) is 9.59 Å². The summed E-state index contributed by atoms with van der Waals surface area (Å²) in [5.41, 5.74) is 4.32. The van der Waals surface area contributed by atoms with Crippen LogP contribution in [0.3, 0.4) is 0 Å². The van der Waals surface area contributed by atoms with Crippen molar-refractivity contribution in [3.05, 3.63) is 57.4 Å². The van der Waals surface area contributed by atoms with Gasteiger partial charge in [0, 0.05) is 28.3 Å². The summed E-state index contributed by atoms with van der Waals surface area (Å²) >= 11 is 1.68. The average molecular weight is 447 g/mol. The van der Waals surface area contributed by atoms with Crippen LogP contribution in [0.4, 0.5) is 11.4 Å². The number of fused-ring (bicyclic) bond motifs is 1. The number of anilines is 2. The van der Waals surface area contributed by atoms with Crippen molar-refractivity contribution in [1.29, 1.82) is 0 Å². The number of hydrogen-bond acceptors (Lipinski definition) is 6. The molecule has 0 unspecified atom stereocenters. The molecule has 0 saturated carbocycles. The van der Waals surface area contributed by atoms with Crippen molar-refractivity contribution >= 4 is 45.6 Å². The number of thiophene rings is 1. The molecule has 1 fully saturated rings. The number of amides is 2. The number of pyridine rings is 1. The van der Waals surface area contributed by atoms with Crippen LogP contribution in [0, 0.1) is 20.8 Å². The number of nitrogens with zero attached hydrogens (tertiary/aromatic N) is 3. The lowest BCUT2D eigenvalue weighted by molar-refractivity contribution is -0.117. The third-order valence-electron chi connectivity index (χ3n) is 5.70. The minimum atomic E-state index is -0.298. The van der Waals surface area contributed by atoms with E-state index in [2.05, 4.69) is 21.5 Å². The molecule has 0 spiro atoms. The highest BCUT2D eigenvalue weighted by atomic mass is 32.1. The van der Waals surface area contributed by atoms with Crippen LogP contribution in [0.2, 0.25) is 0 Å². The molecule has 4 heterocycles. The lowest BCUT2D eigenvalue weighted by Gasteiger charge is -2.20. The molecular formula is C24H22N4O3S. The first-order valence-electron chi connectivity index (χ1n) is 10.5. The van der Waals surface area contributed by atoms with Gasteiger partial charge in [0.15, 0.2) is 0 Å². The van der Waals surface area contributed by atoms with E-state index in [0.717, 1.165) is 16.9 Å². The average Bonchev–Trinajstić information content (AvgIpc) is 3.46. The van der Waals surface area contributed by atoms with E-state index in [1.807, 2.05) is 38.1 Å². The number of carbonyl (C=O) groups excluding carboxylic acids is 2. The zero-order valence-corrected chi connectivity index (χ0v) is 18.9. The summed E-state index contributed by atoms with van der Waals surface area (Å²) < 4.78 is 5.43. The van der Waals surface area contributed by atoms with Gasteiger partial charge < -0.3 is 14.7 Å². The Morgan fingerprint density at radius 3 is 2.72 bits per heavy atom. The van der Waals surface area contributed by atoms with Gasteiger partial charge >= 0.3 is 0 Å². The Bertz CT molecular complexity index is 1370. The van der Waals surface area contributed by atoms with Gasteiger partial charge in [0.2, 0.25) is 5.91 Å². The summed E-state index contributed by atoms with van der Waals surface area (Å²) in [5.74, 6) is -0.230. The predicted octanol–water partition coefficient (Wildman–Crippen LogP) is 5.26. The molecule has 0 aliphatic carbocycles. The van der Waals surface area contributed by atoms with E-state index in [4.69, 9.17) is 4.52 Å². The number of aromatic nitrogens is 2. The number of para-hydroxylation sites is 2. The van der Waals surface area contributed by atoms with Gasteiger partial charge in [-0.2, -0.15) is 0 Å². The zero-order chi connectivity index (χ0) is 22.4. The number of nitrogens with one attached hydrogen (secondary N) is 1. The summed E-state index contributed by atoms with van der Waals surface area (Å²) in [6.07, 6.45) is 1.34. The summed E-state index contributed by atoms with van der Waals surface area (Å²) in [5, 5.41) is 7.62. The molecule has 1 N–H and O–H groups in total. The van der Waals surface area contributed by atoms with Crippen LogP contribution in [0.1, 0.15) is 38.6 Å². The van der Waals surface area contributed by atoms with Crippen molar-refractivity contribution < 1.29 is 14.1 Å². The van der Waals surface area contributed by atoms with Crippen molar-refractivity contribution in [2.24, 2.45) is 0 Å². The molecule has 1 saturated heterocycles. The summed E-state index contributed by atoms with van der Waals surface area (Å²) in [6.45, 7) is 6.52. The van der Waals surface area contributed by atoms with E-state index in [9.17, 15) is 9.59 Å². The fourth-order valence-electron chi connectivity index (χ4n) is 4.20. The number of carbonyl (C=O) groups is 2. The van der Waals surface area contributed by atoms with Gasteiger partial charge in [0.05, 0.1) is 33.7 Å². The third kappa shape index (κ3) is 3.46. The van der Waals surface area contributed by atoms with Gasteiger partial charge in [-0.05, 0) is 51.5 Å². The van der Waals surface area contributed by atoms with E-state index in [1.165, 1.54) is 4.88 Å². The van der Waals surface area contributed by atoms with Crippen LogP contribution in [0.25, 0.3) is 22.4 Å². The Balaban J connectivity index is 1.58. The highest BCUT2D eigenvalue weighted by molar-refractivity contribution is 7.12. The zero-order valence-electron chi connectivity index (χ0n) is 18.1. The summed E-state index contributed by atoms with van der Waals surface area (Å²) in [7, 11) is 0. The first-order chi connectivity index (χ1) is 15.4. The fraction of sp³-hybridized carbons (Fsp3) is 0.250. The Morgan fingerprint density at radius 1 is 1.19 bits per heavy atom. The second-order valence-corrected chi connectivity index (χ2v) is 9.41. The normalized spacial score (nSPS) is 13.8. The van der Waals surface area contributed by atoms with Gasteiger partial charge in [-0.25, -0.2) is 4.98 Å². The van der Waals surface area contributed by atoms with Gasteiger partial charge in [0.1, 0.15) is 0 Å². The number of benzene rings is 1. The van der Waals surface area contributed by atoms with Crippen molar-refractivity contribution in [1.82, 2.24) is 10.1 Å². The molecule has 0 radical (unpaired) electrons. The van der Waals surface area contributed by atoms with E-state index in [-0.39, 0.29) is 11.8 Å². The predicted molar refractivity (Wildman–Crippen MR) is 125 cm³/mol. The maximum Gasteiger partial charge on any atom is 0.259 e.